The van der Waals surface area contributed by atoms with Crippen LogP contribution in [0.15, 0.2) is 18.2 Å². The van der Waals surface area contributed by atoms with E-state index < -0.39 is 41.5 Å². The molecule has 1 aromatic heterocycles. The highest BCUT2D eigenvalue weighted by Gasteiger charge is 2.16. The Kier molecular flexibility index (Phi) is 5.05. The number of thiophene rings is 1. The topological polar surface area (TPSA) is 58.2 Å². The largest absolute Gasteiger partial charge is 0.342 e. The SMILES string of the molecule is Cc1cc(C(=O)NCC(=O)Nc2ccc(F)c(F)c2F)sc1C. The van der Waals surface area contributed by atoms with Crippen LogP contribution in [0.5, 0.6) is 0 Å². The predicted molar refractivity (Wildman–Crippen MR) is 81.1 cm³/mol. The molecule has 2 aromatic rings. The van der Waals surface area contributed by atoms with E-state index in [1.807, 2.05) is 13.8 Å². The summed E-state index contributed by atoms with van der Waals surface area (Å²) in [7, 11) is 0. The Balaban J connectivity index is 1.95. The van der Waals surface area contributed by atoms with Crippen LogP contribution in [0.25, 0.3) is 0 Å². The number of nitrogens with one attached hydrogen (secondary N) is 2. The summed E-state index contributed by atoms with van der Waals surface area (Å²) in [6.07, 6.45) is 0. The van der Waals surface area contributed by atoms with E-state index in [4.69, 9.17) is 0 Å². The van der Waals surface area contributed by atoms with Crippen molar-refractivity contribution in [2.24, 2.45) is 0 Å². The maximum Gasteiger partial charge on any atom is 0.261 e. The molecular weight excluding hydrogens is 329 g/mol. The van der Waals surface area contributed by atoms with Crippen LogP contribution < -0.4 is 10.6 Å². The summed E-state index contributed by atoms with van der Waals surface area (Å²) in [6, 6.07) is 3.30. The maximum atomic E-state index is 13.4. The molecule has 0 aliphatic rings. The van der Waals surface area contributed by atoms with Gasteiger partial charge in [-0.25, -0.2) is 13.2 Å². The summed E-state index contributed by atoms with van der Waals surface area (Å²) in [5.41, 5.74) is 0.472. The highest BCUT2D eigenvalue weighted by molar-refractivity contribution is 7.14. The number of carbonyl (C=O) groups is 2. The number of rotatable bonds is 4. The molecule has 0 radical (unpaired) electrons. The average Bonchev–Trinajstić information content (AvgIpc) is 2.85. The second-order valence-corrected chi connectivity index (χ2v) is 6.06. The van der Waals surface area contributed by atoms with Gasteiger partial charge < -0.3 is 10.6 Å². The molecular formula is C15H13F3N2O2S. The second kappa shape index (κ2) is 6.82. The number of hydrogen-bond donors (Lipinski definition) is 2. The smallest absolute Gasteiger partial charge is 0.261 e. The van der Waals surface area contributed by atoms with Crippen LogP contribution >= 0.6 is 11.3 Å². The van der Waals surface area contributed by atoms with E-state index in [9.17, 15) is 22.8 Å². The first-order valence-corrected chi connectivity index (χ1v) is 7.40. The number of halogens is 3. The van der Waals surface area contributed by atoms with E-state index in [2.05, 4.69) is 10.6 Å². The average molecular weight is 342 g/mol. The van der Waals surface area contributed by atoms with Gasteiger partial charge >= 0.3 is 0 Å². The minimum Gasteiger partial charge on any atom is -0.342 e. The zero-order valence-electron chi connectivity index (χ0n) is 12.3. The number of benzene rings is 1. The van der Waals surface area contributed by atoms with E-state index in [1.165, 1.54) is 11.3 Å². The normalized spacial score (nSPS) is 10.5. The van der Waals surface area contributed by atoms with E-state index in [1.54, 1.807) is 6.07 Å². The van der Waals surface area contributed by atoms with Gasteiger partial charge in [-0.1, -0.05) is 0 Å². The first-order chi connectivity index (χ1) is 10.8. The van der Waals surface area contributed by atoms with E-state index in [-0.39, 0.29) is 0 Å². The molecule has 4 nitrogen and oxygen atoms in total. The lowest BCUT2D eigenvalue weighted by Gasteiger charge is -2.08. The Morgan fingerprint density at radius 2 is 1.83 bits per heavy atom. The third-order valence-electron chi connectivity index (χ3n) is 3.11. The van der Waals surface area contributed by atoms with Crippen molar-refractivity contribution in [2.75, 3.05) is 11.9 Å². The van der Waals surface area contributed by atoms with Crippen molar-refractivity contribution >= 4 is 28.8 Å². The predicted octanol–water partition coefficient (Wildman–Crippen LogP) is 3.15. The molecule has 1 aromatic carbocycles. The summed E-state index contributed by atoms with van der Waals surface area (Å²) in [5.74, 6) is -5.71. The van der Waals surface area contributed by atoms with Crippen LogP contribution in [0.2, 0.25) is 0 Å². The summed E-state index contributed by atoms with van der Waals surface area (Å²) in [6.45, 7) is 3.31. The fourth-order valence-corrected chi connectivity index (χ4v) is 2.70. The molecule has 0 unspecified atom stereocenters. The zero-order chi connectivity index (χ0) is 17.1. The first-order valence-electron chi connectivity index (χ1n) is 6.58. The Hall–Kier alpha value is -2.35. The molecule has 2 amide bonds. The Labute approximate surface area is 134 Å². The van der Waals surface area contributed by atoms with Gasteiger partial charge in [-0.05, 0) is 37.6 Å². The van der Waals surface area contributed by atoms with E-state index in [0.717, 1.165) is 16.5 Å². The third-order valence-corrected chi connectivity index (χ3v) is 4.26. The van der Waals surface area contributed by atoms with Crippen LogP contribution in [0.4, 0.5) is 18.9 Å². The molecule has 0 saturated heterocycles. The fraction of sp³-hybridized carbons (Fsp3) is 0.200. The Morgan fingerprint density at radius 1 is 1.13 bits per heavy atom. The number of amides is 2. The highest BCUT2D eigenvalue weighted by Crippen LogP contribution is 2.21. The summed E-state index contributed by atoms with van der Waals surface area (Å²) >= 11 is 1.29. The van der Waals surface area contributed by atoms with Crippen molar-refractivity contribution in [3.05, 3.63) is 51.0 Å². The van der Waals surface area contributed by atoms with Gasteiger partial charge in [0.2, 0.25) is 5.91 Å². The summed E-state index contributed by atoms with van der Waals surface area (Å²) in [4.78, 5) is 25.0. The van der Waals surface area contributed by atoms with Gasteiger partial charge in [-0.15, -0.1) is 11.3 Å². The maximum absolute atomic E-state index is 13.4. The van der Waals surface area contributed by atoms with Crippen LogP contribution in [-0.4, -0.2) is 18.4 Å². The fourth-order valence-electron chi connectivity index (χ4n) is 1.75. The molecule has 0 aliphatic heterocycles. The number of carbonyl (C=O) groups excluding carboxylic acids is 2. The molecule has 0 atom stereocenters. The lowest BCUT2D eigenvalue weighted by Crippen LogP contribution is -2.32. The van der Waals surface area contributed by atoms with E-state index in [0.29, 0.717) is 10.9 Å². The van der Waals surface area contributed by atoms with Gasteiger partial charge in [0.05, 0.1) is 17.1 Å². The molecule has 0 fully saturated rings. The van der Waals surface area contributed by atoms with Crippen LogP contribution in [0.1, 0.15) is 20.1 Å². The molecule has 2 rings (SSSR count). The molecule has 0 spiro atoms. The summed E-state index contributed by atoms with van der Waals surface area (Å²) in [5, 5.41) is 4.44. The quantitative estimate of drug-likeness (QED) is 0.839. The molecule has 2 N–H and O–H groups in total. The number of anilines is 1. The lowest BCUT2D eigenvalue weighted by molar-refractivity contribution is -0.115. The van der Waals surface area contributed by atoms with Gasteiger partial charge in [0.15, 0.2) is 17.5 Å². The summed E-state index contributed by atoms with van der Waals surface area (Å²) < 4.78 is 39.3. The Morgan fingerprint density at radius 3 is 2.43 bits per heavy atom. The molecule has 1 heterocycles. The molecule has 122 valence electrons. The minimum absolute atomic E-state index is 0.423. The van der Waals surface area contributed by atoms with Gasteiger partial charge in [0.1, 0.15) is 0 Å². The number of hydrogen-bond acceptors (Lipinski definition) is 3. The van der Waals surface area contributed by atoms with Crippen LogP contribution in [0.3, 0.4) is 0 Å². The highest BCUT2D eigenvalue weighted by atomic mass is 32.1. The van der Waals surface area contributed by atoms with E-state index >= 15 is 0 Å². The van der Waals surface area contributed by atoms with Crippen molar-refractivity contribution in [3.8, 4) is 0 Å². The third kappa shape index (κ3) is 3.89. The monoisotopic (exact) mass is 342 g/mol. The standard InChI is InChI=1S/C15H13F3N2O2S/c1-7-5-11(23-8(7)2)15(22)19-6-12(21)20-10-4-3-9(16)13(17)14(10)18/h3-5H,6H2,1-2H3,(H,19,22)(H,20,21). The second-order valence-electron chi connectivity index (χ2n) is 4.80. The molecule has 0 aliphatic carbocycles. The Bertz CT molecular complexity index is 755. The van der Waals surface area contributed by atoms with Gasteiger partial charge in [0, 0.05) is 4.88 Å². The van der Waals surface area contributed by atoms with Crippen molar-refractivity contribution in [1.82, 2.24) is 5.32 Å². The van der Waals surface area contributed by atoms with Crippen molar-refractivity contribution in [3.63, 3.8) is 0 Å². The first kappa shape index (κ1) is 17.0. The van der Waals surface area contributed by atoms with Gasteiger partial charge in [-0.3, -0.25) is 9.59 Å². The van der Waals surface area contributed by atoms with Crippen LogP contribution in [-0.2, 0) is 4.79 Å². The molecule has 23 heavy (non-hydrogen) atoms. The molecule has 8 heteroatoms. The molecule has 0 bridgehead atoms. The molecule has 0 saturated carbocycles. The van der Waals surface area contributed by atoms with Crippen molar-refractivity contribution in [2.45, 2.75) is 13.8 Å². The van der Waals surface area contributed by atoms with Gasteiger partial charge in [-0.2, -0.15) is 0 Å². The number of aryl methyl sites for hydroxylation is 2. The van der Waals surface area contributed by atoms with Crippen molar-refractivity contribution < 1.29 is 22.8 Å². The van der Waals surface area contributed by atoms with Crippen LogP contribution in [0, 0.1) is 31.3 Å². The van der Waals surface area contributed by atoms with Gasteiger partial charge in [0.25, 0.3) is 5.91 Å². The zero-order valence-corrected chi connectivity index (χ0v) is 13.1. The lowest BCUT2D eigenvalue weighted by atomic mass is 10.2. The minimum atomic E-state index is -1.67. The van der Waals surface area contributed by atoms with Crippen molar-refractivity contribution in [1.29, 1.82) is 0 Å².